The highest BCUT2D eigenvalue weighted by molar-refractivity contribution is 5.32. The van der Waals surface area contributed by atoms with Crippen molar-refractivity contribution in [2.75, 3.05) is 37.9 Å². The topological polar surface area (TPSA) is 91.4 Å². The zero-order valence-electron chi connectivity index (χ0n) is 13.2. The minimum absolute atomic E-state index is 0.216. The summed E-state index contributed by atoms with van der Waals surface area (Å²) in [5, 5.41) is 9.29. The van der Waals surface area contributed by atoms with E-state index in [9.17, 15) is 5.11 Å². The molecule has 0 saturated carbocycles. The van der Waals surface area contributed by atoms with E-state index in [1.165, 1.54) is 12.8 Å². The van der Waals surface area contributed by atoms with E-state index in [1.807, 2.05) is 19.0 Å². The number of hydrogen-bond acceptors (Lipinski definition) is 7. The number of piperidine rings is 1. The SMILES string of the molecule is C[C@H]1CCCN(Cc2nc(N)nc(N(C)C)n2)[C@@H]1CCO. The van der Waals surface area contributed by atoms with Crippen LogP contribution >= 0.6 is 0 Å². The normalized spacial score (nSPS) is 23.2. The number of aliphatic hydroxyl groups is 1. The maximum absolute atomic E-state index is 9.29. The zero-order valence-corrected chi connectivity index (χ0v) is 13.2. The molecule has 0 radical (unpaired) electrons. The molecule has 2 rings (SSSR count). The van der Waals surface area contributed by atoms with Crippen LogP contribution in [0.1, 0.15) is 32.0 Å². The Hall–Kier alpha value is -1.47. The Morgan fingerprint density at radius 1 is 1.33 bits per heavy atom. The van der Waals surface area contributed by atoms with Gasteiger partial charge in [0, 0.05) is 26.7 Å². The average Bonchev–Trinajstić information content (AvgIpc) is 2.42. The van der Waals surface area contributed by atoms with Crippen LogP contribution in [0.5, 0.6) is 0 Å². The molecule has 0 spiro atoms. The van der Waals surface area contributed by atoms with Crippen molar-refractivity contribution in [3.8, 4) is 0 Å². The zero-order chi connectivity index (χ0) is 15.4. The van der Waals surface area contributed by atoms with Crippen molar-refractivity contribution in [3.63, 3.8) is 0 Å². The van der Waals surface area contributed by atoms with Crippen LogP contribution in [0.3, 0.4) is 0 Å². The highest BCUT2D eigenvalue weighted by Crippen LogP contribution is 2.26. The van der Waals surface area contributed by atoms with E-state index in [2.05, 4.69) is 26.8 Å². The molecule has 7 heteroatoms. The Morgan fingerprint density at radius 3 is 2.76 bits per heavy atom. The lowest BCUT2D eigenvalue weighted by molar-refractivity contribution is 0.0699. The number of hydrogen-bond donors (Lipinski definition) is 2. The number of nitrogen functional groups attached to an aromatic ring is 1. The second-order valence-electron chi connectivity index (χ2n) is 5.97. The van der Waals surface area contributed by atoms with Gasteiger partial charge >= 0.3 is 0 Å². The number of aliphatic hydroxyl groups excluding tert-OH is 1. The number of anilines is 2. The van der Waals surface area contributed by atoms with Gasteiger partial charge in [-0.25, -0.2) is 0 Å². The third kappa shape index (κ3) is 4.01. The van der Waals surface area contributed by atoms with Gasteiger partial charge in [0.2, 0.25) is 11.9 Å². The molecule has 118 valence electrons. The van der Waals surface area contributed by atoms with Crippen LogP contribution in [0.15, 0.2) is 0 Å². The Balaban J connectivity index is 2.15. The van der Waals surface area contributed by atoms with Crippen molar-refractivity contribution in [1.82, 2.24) is 19.9 Å². The summed E-state index contributed by atoms with van der Waals surface area (Å²) in [6.45, 7) is 4.13. The summed E-state index contributed by atoms with van der Waals surface area (Å²) in [7, 11) is 3.77. The van der Waals surface area contributed by atoms with Gasteiger partial charge in [-0.1, -0.05) is 6.92 Å². The van der Waals surface area contributed by atoms with Gasteiger partial charge in [0.05, 0.1) is 6.54 Å². The summed E-state index contributed by atoms with van der Waals surface area (Å²) in [6, 6.07) is 0.379. The summed E-state index contributed by atoms with van der Waals surface area (Å²) >= 11 is 0. The van der Waals surface area contributed by atoms with E-state index < -0.39 is 0 Å². The van der Waals surface area contributed by atoms with E-state index in [0.717, 1.165) is 13.0 Å². The molecule has 0 amide bonds. The van der Waals surface area contributed by atoms with E-state index in [0.29, 0.717) is 30.3 Å². The van der Waals surface area contributed by atoms with Gasteiger partial charge in [-0.3, -0.25) is 4.90 Å². The molecule has 2 atom stereocenters. The second kappa shape index (κ2) is 7.00. The standard InChI is InChI=1S/C14H26N6O/c1-10-5-4-7-20(11(10)6-8-21)9-12-16-13(15)18-14(17-12)19(2)3/h10-11,21H,4-9H2,1-3H3,(H2,15,16,17,18)/t10-,11+/m0/s1. The molecule has 1 fully saturated rings. The molecule has 7 nitrogen and oxygen atoms in total. The van der Waals surface area contributed by atoms with E-state index in [1.54, 1.807) is 0 Å². The molecule has 0 bridgehead atoms. The van der Waals surface area contributed by atoms with Crippen LogP contribution in [-0.2, 0) is 6.54 Å². The predicted molar refractivity (Wildman–Crippen MR) is 82.9 cm³/mol. The molecular formula is C14H26N6O. The second-order valence-corrected chi connectivity index (χ2v) is 5.97. The highest BCUT2D eigenvalue weighted by Gasteiger charge is 2.28. The van der Waals surface area contributed by atoms with Crippen LogP contribution in [0.25, 0.3) is 0 Å². The van der Waals surface area contributed by atoms with Crippen molar-refractivity contribution < 1.29 is 5.11 Å². The molecule has 1 aromatic rings. The summed E-state index contributed by atoms with van der Waals surface area (Å²) in [5.74, 6) is 2.12. The Kier molecular flexibility index (Phi) is 5.30. The first-order valence-electron chi connectivity index (χ1n) is 7.54. The Bertz CT molecular complexity index is 467. The summed E-state index contributed by atoms with van der Waals surface area (Å²) in [5.41, 5.74) is 5.78. The van der Waals surface area contributed by atoms with Crippen molar-refractivity contribution in [1.29, 1.82) is 0 Å². The summed E-state index contributed by atoms with van der Waals surface area (Å²) in [6.07, 6.45) is 3.18. The fourth-order valence-corrected chi connectivity index (χ4v) is 3.01. The van der Waals surface area contributed by atoms with Gasteiger partial charge in [0.1, 0.15) is 5.82 Å². The summed E-state index contributed by atoms with van der Waals surface area (Å²) in [4.78, 5) is 17.0. The molecule has 21 heavy (non-hydrogen) atoms. The first kappa shape index (κ1) is 15.9. The average molecular weight is 294 g/mol. The minimum Gasteiger partial charge on any atom is -0.396 e. The fourth-order valence-electron chi connectivity index (χ4n) is 3.01. The van der Waals surface area contributed by atoms with E-state index in [-0.39, 0.29) is 12.6 Å². The van der Waals surface area contributed by atoms with Gasteiger partial charge in [-0.05, 0) is 31.7 Å². The van der Waals surface area contributed by atoms with Crippen molar-refractivity contribution in [2.24, 2.45) is 5.92 Å². The lowest BCUT2D eigenvalue weighted by Gasteiger charge is -2.39. The van der Waals surface area contributed by atoms with Gasteiger partial charge in [-0.2, -0.15) is 15.0 Å². The van der Waals surface area contributed by atoms with Crippen LogP contribution < -0.4 is 10.6 Å². The number of aromatic nitrogens is 3. The maximum atomic E-state index is 9.29. The lowest BCUT2D eigenvalue weighted by atomic mass is 9.89. The highest BCUT2D eigenvalue weighted by atomic mass is 16.3. The number of nitrogens with two attached hydrogens (primary N) is 1. The fraction of sp³-hybridized carbons (Fsp3) is 0.786. The molecule has 1 aliphatic rings. The number of rotatable bonds is 5. The van der Waals surface area contributed by atoms with Gasteiger partial charge in [0.25, 0.3) is 0 Å². The van der Waals surface area contributed by atoms with Crippen LogP contribution in [0, 0.1) is 5.92 Å². The minimum atomic E-state index is 0.216. The largest absolute Gasteiger partial charge is 0.396 e. The van der Waals surface area contributed by atoms with Gasteiger partial charge in [-0.15, -0.1) is 0 Å². The van der Waals surface area contributed by atoms with E-state index >= 15 is 0 Å². The molecule has 1 aromatic heterocycles. The van der Waals surface area contributed by atoms with Crippen molar-refractivity contribution >= 4 is 11.9 Å². The molecule has 3 N–H and O–H groups in total. The van der Waals surface area contributed by atoms with Gasteiger partial charge < -0.3 is 15.7 Å². The molecular weight excluding hydrogens is 268 g/mol. The number of nitrogens with zero attached hydrogens (tertiary/aromatic N) is 5. The van der Waals surface area contributed by atoms with Crippen molar-refractivity contribution in [3.05, 3.63) is 5.82 Å². The monoisotopic (exact) mass is 294 g/mol. The molecule has 0 aliphatic carbocycles. The molecule has 0 unspecified atom stereocenters. The van der Waals surface area contributed by atoms with E-state index in [4.69, 9.17) is 5.73 Å². The molecule has 0 aromatic carbocycles. The predicted octanol–water partition coefficient (Wildman–Crippen LogP) is 0.503. The molecule has 2 heterocycles. The molecule has 1 aliphatic heterocycles. The Morgan fingerprint density at radius 2 is 2.10 bits per heavy atom. The third-order valence-electron chi connectivity index (χ3n) is 4.09. The number of likely N-dealkylation sites (tertiary alicyclic amines) is 1. The lowest BCUT2D eigenvalue weighted by Crippen LogP contribution is -2.44. The molecule has 1 saturated heterocycles. The first-order valence-corrected chi connectivity index (χ1v) is 7.54. The first-order chi connectivity index (χ1) is 10.0. The smallest absolute Gasteiger partial charge is 0.229 e. The quantitative estimate of drug-likeness (QED) is 0.817. The van der Waals surface area contributed by atoms with Crippen LogP contribution in [-0.4, -0.2) is 58.2 Å². The van der Waals surface area contributed by atoms with Crippen LogP contribution in [0.4, 0.5) is 11.9 Å². The third-order valence-corrected chi connectivity index (χ3v) is 4.09. The van der Waals surface area contributed by atoms with Gasteiger partial charge in [0.15, 0.2) is 0 Å². The Labute approximate surface area is 126 Å². The maximum Gasteiger partial charge on any atom is 0.229 e. The van der Waals surface area contributed by atoms with Crippen molar-refractivity contribution in [2.45, 2.75) is 38.8 Å². The summed E-state index contributed by atoms with van der Waals surface area (Å²) < 4.78 is 0. The van der Waals surface area contributed by atoms with Crippen LogP contribution in [0.2, 0.25) is 0 Å².